The van der Waals surface area contributed by atoms with Crippen molar-refractivity contribution in [1.29, 1.82) is 0 Å². The molecule has 0 amide bonds. The van der Waals surface area contributed by atoms with Crippen LogP contribution in [0.3, 0.4) is 0 Å². The highest BCUT2D eigenvalue weighted by atomic mass is 16.4. The van der Waals surface area contributed by atoms with E-state index in [4.69, 9.17) is 5.11 Å². The summed E-state index contributed by atoms with van der Waals surface area (Å²) in [7, 11) is 4.18. The molecular formula is C29H60NO3+. The second kappa shape index (κ2) is 20.7. The van der Waals surface area contributed by atoms with E-state index in [0.29, 0.717) is 17.4 Å². The number of likely N-dealkylation sites (N-methyl/N-ethyl adjacent to an activating group) is 1. The molecule has 0 aliphatic heterocycles. The van der Waals surface area contributed by atoms with Crippen LogP contribution >= 0.6 is 0 Å². The molecule has 0 spiro atoms. The average molecular weight is 471 g/mol. The van der Waals surface area contributed by atoms with Gasteiger partial charge in [0.1, 0.15) is 12.1 Å². The van der Waals surface area contributed by atoms with Gasteiger partial charge in [-0.2, -0.15) is 0 Å². The second-order valence-corrected chi connectivity index (χ2v) is 11.6. The van der Waals surface area contributed by atoms with Crippen LogP contribution < -0.4 is 0 Å². The summed E-state index contributed by atoms with van der Waals surface area (Å²) in [5.41, 5.74) is -0.665. The molecule has 0 aliphatic rings. The number of carboxylic acids is 1. The zero-order valence-electron chi connectivity index (χ0n) is 23.0. The van der Waals surface area contributed by atoms with Gasteiger partial charge in [-0.15, -0.1) is 0 Å². The maximum atomic E-state index is 10.8. The van der Waals surface area contributed by atoms with Crippen molar-refractivity contribution in [3.63, 3.8) is 0 Å². The Hall–Kier alpha value is -0.610. The van der Waals surface area contributed by atoms with Crippen molar-refractivity contribution >= 4 is 5.97 Å². The minimum Gasteiger partial charge on any atom is -0.481 e. The molecule has 0 saturated heterocycles. The van der Waals surface area contributed by atoms with E-state index in [1.54, 1.807) is 0 Å². The Morgan fingerprint density at radius 1 is 0.667 bits per heavy atom. The van der Waals surface area contributed by atoms with Crippen LogP contribution in [0.4, 0.5) is 0 Å². The molecule has 1 unspecified atom stereocenters. The quantitative estimate of drug-likeness (QED) is 0.105. The summed E-state index contributed by atoms with van der Waals surface area (Å²) in [5.74, 6) is -0.736. The van der Waals surface area contributed by atoms with E-state index in [-0.39, 0.29) is 6.42 Å². The summed E-state index contributed by atoms with van der Waals surface area (Å²) in [4.78, 5) is 10.7. The minimum absolute atomic E-state index is 0.211. The summed E-state index contributed by atoms with van der Waals surface area (Å²) in [6.45, 7) is 5.71. The fourth-order valence-corrected chi connectivity index (χ4v) is 5.15. The highest BCUT2D eigenvalue weighted by Crippen LogP contribution is 2.20. The Balaban J connectivity index is 3.46. The van der Waals surface area contributed by atoms with E-state index < -0.39 is 11.6 Å². The number of aliphatic hydroxyl groups is 1. The molecule has 1 atom stereocenters. The van der Waals surface area contributed by atoms with Gasteiger partial charge in [0.2, 0.25) is 0 Å². The van der Waals surface area contributed by atoms with Crippen LogP contribution in [0, 0.1) is 0 Å². The van der Waals surface area contributed by atoms with Crippen LogP contribution in [0.5, 0.6) is 0 Å². The van der Waals surface area contributed by atoms with Gasteiger partial charge in [-0.1, -0.05) is 122 Å². The summed E-state index contributed by atoms with van der Waals surface area (Å²) >= 11 is 0. The minimum atomic E-state index is -0.736. The standard InChI is InChI=1S/C29H59NO3/c1-5-6-7-8-9-10-11-12-13-14-15-16-17-18-19-20-21-22-25-29(2,33)27-30(3,4)26-23-24-28(31)32/h33H,5-27H2,1-4H3/p+1. The van der Waals surface area contributed by atoms with Crippen LogP contribution in [0.15, 0.2) is 0 Å². The van der Waals surface area contributed by atoms with Crippen LogP contribution in [0.1, 0.15) is 149 Å². The molecule has 0 rings (SSSR count). The van der Waals surface area contributed by atoms with Crippen molar-refractivity contribution in [2.75, 3.05) is 27.2 Å². The summed E-state index contributed by atoms with van der Waals surface area (Å²) < 4.78 is 0.680. The first-order valence-corrected chi connectivity index (χ1v) is 14.4. The molecule has 2 N–H and O–H groups in total. The van der Waals surface area contributed by atoms with Gasteiger partial charge >= 0.3 is 5.97 Å². The first-order valence-electron chi connectivity index (χ1n) is 14.4. The molecule has 4 nitrogen and oxygen atoms in total. The Kier molecular flexibility index (Phi) is 20.4. The Morgan fingerprint density at radius 2 is 1.03 bits per heavy atom. The number of carbonyl (C=O) groups is 1. The predicted octanol–water partition coefficient (Wildman–Crippen LogP) is 8.11. The molecule has 0 saturated carbocycles. The van der Waals surface area contributed by atoms with Gasteiger partial charge in [0, 0.05) is 6.42 Å². The molecular weight excluding hydrogens is 410 g/mol. The molecule has 0 fully saturated rings. The molecule has 0 bridgehead atoms. The smallest absolute Gasteiger partial charge is 0.303 e. The SMILES string of the molecule is CCCCCCCCCCCCCCCCCCCCC(C)(O)C[N+](C)(C)CCCC(=O)O. The van der Waals surface area contributed by atoms with Gasteiger partial charge in [0.25, 0.3) is 0 Å². The Morgan fingerprint density at radius 3 is 1.39 bits per heavy atom. The topological polar surface area (TPSA) is 57.5 Å². The first-order chi connectivity index (χ1) is 15.7. The summed E-state index contributed by atoms with van der Waals surface area (Å²) in [6, 6.07) is 0. The lowest BCUT2D eigenvalue weighted by Crippen LogP contribution is -2.51. The molecule has 0 aromatic rings. The van der Waals surface area contributed by atoms with Crippen LogP contribution in [0.2, 0.25) is 0 Å². The number of quaternary nitrogens is 1. The van der Waals surface area contributed by atoms with Crippen molar-refractivity contribution in [1.82, 2.24) is 0 Å². The monoisotopic (exact) mass is 470 g/mol. The van der Waals surface area contributed by atoms with Crippen LogP contribution in [-0.4, -0.2) is 53.5 Å². The van der Waals surface area contributed by atoms with Crippen molar-refractivity contribution in [3.05, 3.63) is 0 Å². The molecule has 0 radical (unpaired) electrons. The van der Waals surface area contributed by atoms with Gasteiger partial charge in [0.05, 0.1) is 27.1 Å². The lowest BCUT2D eigenvalue weighted by atomic mass is 9.96. The van der Waals surface area contributed by atoms with Gasteiger partial charge in [-0.05, 0) is 13.3 Å². The van der Waals surface area contributed by atoms with Gasteiger partial charge in [0.15, 0.2) is 0 Å². The second-order valence-electron chi connectivity index (χ2n) is 11.6. The van der Waals surface area contributed by atoms with E-state index in [1.165, 1.54) is 109 Å². The highest BCUT2D eigenvalue weighted by molar-refractivity contribution is 5.66. The fraction of sp³-hybridized carbons (Fsp3) is 0.966. The Bertz CT molecular complexity index is 448. The third-order valence-corrected chi connectivity index (χ3v) is 6.99. The Labute approximate surface area is 207 Å². The zero-order chi connectivity index (χ0) is 24.8. The first kappa shape index (κ1) is 32.4. The molecule has 0 aromatic heterocycles. The van der Waals surface area contributed by atoms with E-state index in [0.717, 1.165) is 19.4 Å². The maximum absolute atomic E-state index is 10.8. The molecule has 0 aromatic carbocycles. The molecule has 198 valence electrons. The number of nitrogens with zero attached hydrogens (tertiary/aromatic N) is 1. The zero-order valence-corrected chi connectivity index (χ0v) is 23.0. The van der Waals surface area contributed by atoms with Gasteiger partial charge < -0.3 is 14.7 Å². The van der Waals surface area contributed by atoms with Gasteiger partial charge in [-0.25, -0.2) is 0 Å². The number of carboxylic acid groups (broad SMARTS) is 1. The van der Waals surface area contributed by atoms with E-state index in [9.17, 15) is 9.90 Å². The number of aliphatic carboxylic acids is 1. The van der Waals surface area contributed by atoms with Crippen LogP contribution in [-0.2, 0) is 4.79 Å². The number of hydrogen-bond donors (Lipinski definition) is 2. The van der Waals surface area contributed by atoms with Crippen LogP contribution in [0.25, 0.3) is 0 Å². The van der Waals surface area contributed by atoms with E-state index in [1.807, 2.05) is 6.92 Å². The van der Waals surface area contributed by atoms with Crippen molar-refractivity contribution in [2.45, 2.75) is 154 Å². The number of unbranched alkanes of at least 4 members (excludes halogenated alkanes) is 17. The average Bonchev–Trinajstić information content (AvgIpc) is 2.71. The normalized spacial score (nSPS) is 13.8. The third-order valence-electron chi connectivity index (χ3n) is 6.99. The van der Waals surface area contributed by atoms with E-state index >= 15 is 0 Å². The lowest BCUT2D eigenvalue weighted by molar-refractivity contribution is -0.896. The van der Waals surface area contributed by atoms with Crippen molar-refractivity contribution in [3.8, 4) is 0 Å². The number of hydrogen-bond acceptors (Lipinski definition) is 2. The largest absolute Gasteiger partial charge is 0.481 e. The summed E-state index contributed by atoms with van der Waals surface area (Å²) in [6.07, 6.45) is 26.5. The van der Waals surface area contributed by atoms with Crippen molar-refractivity contribution in [2.24, 2.45) is 0 Å². The molecule has 33 heavy (non-hydrogen) atoms. The van der Waals surface area contributed by atoms with Crippen molar-refractivity contribution < 1.29 is 19.5 Å². The van der Waals surface area contributed by atoms with Gasteiger partial charge in [-0.3, -0.25) is 4.79 Å². The number of rotatable bonds is 25. The third kappa shape index (κ3) is 24.3. The molecule has 4 heteroatoms. The molecule has 0 heterocycles. The predicted molar refractivity (Wildman–Crippen MR) is 143 cm³/mol. The summed E-state index contributed by atoms with van der Waals surface area (Å²) in [5, 5.41) is 19.6. The fourth-order valence-electron chi connectivity index (χ4n) is 5.15. The van der Waals surface area contributed by atoms with E-state index in [2.05, 4.69) is 21.0 Å². The lowest BCUT2D eigenvalue weighted by Gasteiger charge is -2.36. The molecule has 0 aliphatic carbocycles. The highest BCUT2D eigenvalue weighted by Gasteiger charge is 2.30. The maximum Gasteiger partial charge on any atom is 0.303 e.